The summed E-state index contributed by atoms with van der Waals surface area (Å²) < 4.78 is 26.8. The molecule has 2 N–H and O–H groups in total. The van der Waals surface area contributed by atoms with E-state index in [1.807, 2.05) is 6.07 Å². The van der Waals surface area contributed by atoms with Gasteiger partial charge >= 0.3 is 0 Å². The van der Waals surface area contributed by atoms with Gasteiger partial charge in [0.2, 0.25) is 10.0 Å². The maximum absolute atomic E-state index is 12.6. The third-order valence-electron chi connectivity index (χ3n) is 3.66. The van der Waals surface area contributed by atoms with Crippen LogP contribution in [0.2, 0.25) is 0 Å². The van der Waals surface area contributed by atoms with Gasteiger partial charge < -0.3 is 5.73 Å². The van der Waals surface area contributed by atoms with Crippen LogP contribution in [0.3, 0.4) is 0 Å². The zero-order valence-corrected chi connectivity index (χ0v) is 12.1. The minimum atomic E-state index is -3.48. The monoisotopic (exact) mass is 293 g/mol. The van der Waals surface area contributed by atoms with Crippen molar-refractivity contribution >= 4 is 10.0 Å². The summed E-state index contributed by atoms with van der Waals surface area (Å²) in [5, 5.41) is 8.63. The first-order chi connectivity index (χ1) is 9.59. The molecule has 0 bridgehead atoms. The van der Waals surface area contributed by atoms with Crippen molar-refractivity contribution in [2.24, 2.45) is 5.73 Å². The lowest BCUT2D eigenvalue weighted by atomic mass is 10.1. The van der Waals surface area contributed by atoms with Gasteiger partial charge in [-0.3, -0.25) is 0 Å². The van der Waals surface area contributed by atoms with Crippen molar-refractivity contribution in [3.63, 3.8) is 0 Å². The van der Waals surface area contributed by atoms with Crippen LogP contribution in [0.5, 0.6) is 0 Å². The van der Waals surface area contributed by atoms with Crippen molar-refractivity contribution in [1.29, 1.82) is 5.26 Å². The third-order valence-corrected chi connectivity index (χ3v) is 5.62. The normalized spacial score (nSPS) is 20.5. The number of hydrogen-bond donors (Lipinski definition) is 1. The number of sulfonamides is 1. The van der Waals surface area contributed by atoms with Crippen molar-refractivity contribution in [3.8, 4) is 6.07 Å². The molecule has 1 aromatic rings. The minimum absolute atomic E-state index is 0.104. The van der Waals surface area contributed by atoms with Crippen LogP contribution in [0.25, 0.3) is 0 Å². The van der Waals surface area contributed by atoms with Crippen LogP contribution >= 0.6 is 0 Å². The fourth-order valence-corrected chi connectivity index (χ4v) is 4.24. The van der Waals surface area contributed by atoms with E-state index in [0.717, 1.165) is 24.8 Å². The van der Waals surface area contributed by atoms with Crippen molar-refractivity contribution in [3.05, 3.63) is 29.8 Å². The Hall–Kier alpha value is -1.42. The maximum Gasteiger partial charge on any atom is 0.243 e. The zero-order valence-electron chi connectivity index (χ0n) is 11.3. The molecular formula is C14H19N3O2S. The van der Waals surface area contributed by atoms with Gasteiger partial charge in [-0.25, -0.2) is 8.42 Å². The summed E-state index contributed by atoms with van der Waals surface area (Å²) in [6, 6.07) is 8.47. The quantitative estimate of drug-likeness (QED) is 0.905. The van der Waals surface area contributed by atoms with Gasteiger partial charge in [-0.2, -0.15) is 9.57 Å². The van der Waals surface area contributed by atoms with Crippen LogP contribution in [-0.2, 0) is 16.4 Å². The van der Waals surface area contributed by atoms with Crippen LogP contribution < -0.4 is 5.73 Å². The fraction of sp³-hybridized carbons (Fsp3) is 0.500. The first-order valence-corrected chi connectivity index (χ1v) is 8.21. The number of nitrogens with two attached hydrogens (primary N) is 1. The smallest absolute Gasteiger partial charge is 0.243 e. The Balaban J connectivity index is 2.27. The van der Waals surface area contributed by atoms with E-state index in [2.05, 4.69) is 0 Å². The topological polar surface area (TPSA) is 87.2 Å². The summed E-state index contributed by atoms with van der Waals surface area (Å²) in [5.41, 5.74) is 6.51. The van der Waals surface area contributed by atoms with E-state index >= 15 is 0 Å². The lowest BCUT2D eigenvalue weighted by Gasteiger charge is -2.33. The van der Waals surface area contributed by atoms with E-state index in [0.29, 0.717) is 13.1 Å². The Morgan fingerprint density at radius 3 is 2.60 bits per heavy atom. The molecule has 1 saturated heterocycles. The molecule has 1 aromatic carbocycles. The second-order valence-electron chi connectivity index (χ2n) is 4.98. The molecule has 1 aliphatic heterocycles. The highest BCUT2D eigenvalue weighted by Gasteiger charge is 2.32. The van der Waals surface area contributed by atoms with E-state index in [9.17, 15) is 8.42 Å². The first kappa shape index (κ1) is 15.0. The van der Waals surface area contributed by atoms with Gasteiger partial charge in [-0.15, -0.1) is 0 Å². The standard InChI is InChI=1S/C14H19N3O2S/c15-9-8-12-4-6-14(7-5-12)20(18,19)17-10-2-1-3-13(17)11-16/h4-7,13H,1-3,8,10-11,16H2. The highest BCUT2D eigenvalue weighted by Crippen LogP contribution is 2.25. The molecule has 1 aliphatic rings. The predicted molar refractivity (Wildman–Crippen MR) is 76.3 cm³/mol. The molecule has 0 radical (unpaired) electrons. The van der Waals surface area contributed by atoms with E-state index in [-0.39, 0.29) is 17.4 Å². The molecule has 0 aromatic heterocycles. The van der Waals surface area contributed by atoms with Gasteiger partial charge in [-0.05, 0) is 30.5 Å². The summed E-state index contributed by atoms with van der Waals surface area (Å²) in [6.45, 7) is 0.885. The van der Waals surface area contributed by atoms with Gasteiger partial charge in [0.15, 0.2) is 0 Å². The second kappa shape index (κ2) is 6.35. The number of nitrogens with zero attached hydrogens (tertiary/aromatic N) is 2. The highest BCUT2D eigenvalue weighted by molar-refractivity contribution is 7.89. The number of rotatable bonds is 4. The zero-order chi connectivity index (χ0) is 14.6. The van der Waals surface area contributed by atoms with Crippen LogP contribution in [0.15, 0.2) is 29.2 Å². The fourth-order valence-electron chi connectivity index (χ4n) is 2.53. The van der Waals surface area contributed by atoms with Crippen molar-refractivity contribution in [2.45, 2.75) is 36.6 Å². The molecule has 0 amide bonds. The Labute approximate surface area is 120 Å². The molecule has 2 rings (SSSR count). The molecule has 1 unspecified atom stereocenters. The summed E-state index contributed by atoms with van der Waals surface area (Å²) >= 11 is 0. The molecule has 1 atom stereocenters. The second-order valence-corrected chi connectivity index (χ2v) is 6.87. The number of piperidine rings is 1. The van der Waals surface area contributed by atoms with Gasteiger partial charge in [0, 0.05) is 19.1 Å². The van der Waals surface area contributed by atoms with Gasteiger partial charge in [0.05, 0.1) is 17.4 Å². The van der Waals surface area contributed by atoms with Crippen LogP contribution in [0.4, 0.5) is 0 Å². The largest absolute Gasteiger partial charge is 0.329 e. The number of benzene rings is 1. The SMILES string of the molecule is N#CCc1ccc(S(=O)(=O)N2CCCCC2CN)cc1. The predicted octanol–water partition coefficient (Wildman–Crippen LogP) is 1.25. The van der Waals surface area contributed by atoms with Crippen molar-refractivity contribution in [2.75, 3.05) is 13.1 Å². The minimum Gasteiger partial charge on any atom is -0.329 e. The molecular weight excluding hydrogens is 274 g/mol. The van der Waals surface area contributed by atoms with Gasteiger partial charge in [0.25, 0.3) is 0 Å². The van der Waals surface area contributed by atoms with Gasteiger partial charge in [-0.1, -0.05) is 18.6 Å². The lowest BCUT2D eigenvalue weighted by molar-refractivity contribution is 0.257. The van der Waals surface area contributed by atoms with Crippen molar-refractivity contribution < 1.29 is 8.42 Å². The average Bonchev–Trinajstić information content (AvgIpc) is 2.48. The number of hydrogen-bond acceptors (Lipinski definition) is 4. The Bertz CT molecular complexity index is 590. The number of nitriles is 1. The Morgan fingerprint density at radius 1 is 1.30 bits per heavy atom. The average molecular weight is 293 g/mol. The third kappa shape index (κ3) is 3.01. The summed E-state index contributed by atoms with van der Waals surface area (Å²) in [5.74, 6) is 0. The summed E-state index contributed by atoms with van der Waals surface area (Å²) in [6.07, 6.45) is 3.01. The van der Waals surface area contributed by atoms with E-state index in [4.69, 9.17) is 11.0 Å². The van der Waals surface area contributed by atoms with Crippen LogP contribution in [-0.4, -0.2) is 31.9 Å². The lowest BCUT2D eigenvalue weighted by Crippen LogP contribution is -2.47. The molecule has 5 nitrogen and oxygen atoms in total. The maximum atomic E-state index is 12.6. The molecule has 0 aliphatic carbocycles. The molecule has 1 heterocycles. The van der Waals surface area contributed by atoms with E-state index in [1.54, 1.807) is 24.3 Å². The molecule has 0 spiro atoms. The summed E-state index contributed by atoms with van der Waals surface area (Å²) in [7, 11) is -3.48. The first-order valence-electron chi connectivity index (χ1n) is 6.77. The van der Waals surface area contributed by atoms with Crippen molar-refractivity contribution in [1.82, 2.24) is 4.31 Å². The molecule has 0 saturated carbocycles. The molecule has 6 heteroatoms. The molecule has 108 valence electrons. The Morgan fingerprint density at radius 2 is 2.00 bits per heavy atom. The van der Waals surface area contributed by atoms with Gasteiger partial charge in [0.1, 0.15) is 0 Å². The highest BCUT2D eigenvalue weighted by atomic mass is 32.2. The van der Waals surface area contributed by atoms with Crippen LogP contribution in [0.1, 0.15) is 24.8 Å². The van der Waals surface area contributed by atoms with E-state index < -0.39 is 10.0 Å². The Kier molecular flexibility index (Phi) is 4.76. The molecule has 1 fully saturated rings. The van der Waals surface area contributed by atoms with Crippen LogP contribution in [0, 0.1) is 11.3 Å². The molecule has 20 heavy (non-hydrogen) atoms. The van der Waals surface area contributed by atoms with E-state index in [1.165, 1.54) is 4.31 Å². The summed E-state index contributed by atoms with van der Waals surface area (Å²) in [4.78, 5) is 0.277.